The van der Waals surface area contributed by atoms with Gasteiger partial charge in [-0.1, -0.05) is 24.3 Å². The molecule has 2 rings (SSSR count). The van der Waals surface area contributed by atoms with Gasteiger partial charge in [0, 0.05) is 12.6 Å². The molecule has 0 bridgehead atoms. The van der Waals surface area contributed by atoms with Crippen molar-refractivity contribution >= 4 is 5.97 Å². The molecule has 0 aliphatic rings. The van der Waals surface area contributed by atoms with Gasteiger partial charge in [-0.25, -0.2) is 9.18 Å². The average molecular weight is 287 g/mol. The molecule has 0 fully saturated rings. The van der Waals surface area contributed by atoms with Gasteiger partial charge in [0.1, 0.15) is 5.82 Å². The summed E-state index contributed by atoms with van der Waals surface area (Å²) in [6.07, 6.45) is 0. The summed E-state index contributed by atoms with van der Waals surface area (Å²) in [5.74, 6) is -1.13. The number of aromatic carboxylic acids is 1. The van der Waals surface area contributed by atoms with E-state index in [1.54, 1.807) is 43.3 Å². The lowest BCUT2D eigenvalue weighted by Crippen LogP contribution is -2.18. The Balaban J connectivity index is 1.98. The summed E-state index contributed by atoms with van der Waals surface area (Å²) < 4.78 is 13.5. The van der Waals surface area contributed by atoms with Crippen molar-refractivity contribution in [3.8, 4) is 0 Å². The molecule has 3 nitrogen and oxygen atoms in total. The predicted molar refractivity (Wildman–Crippen MR) is 79.8 cm³/mol. The van der Waals surface area contributed by atoms with Crippen molar-refractivity contribution < 1.29 is 14.3 Å². The molecule has 1 atom stereocenters. The van der Waals surface area contributed by atoms with Gasteiger partial charge < -0.3 is 10.4 Å². The Labute approximate surface area is 123 Å². The molecule has 2 aromatic rings. The number of carboxylic acid groups (broad SMARTS) is 1. The van der Waals surface area contributed by atoms with E-state index in [9.17, 15) is 9.18 Å². The molecular weight excluding hydrogens is 269 g/mol. The fourth-order valence-electron chi connectivity index (χ4n) is 2.03. The van der Waals surface area contributed by atoms with Crippen molar-refractivity contribution in [1.29, 1.82) is 0 Å². The van der Waals surface area contributed by atoms with Crippen molar-refractivity contribution in [3.63, 3.8) is 0 Å². The Hall–Kier alpha value is -2.20. The molecule has 0 aliphatic heterocycles. The van der Waals surface area contributed by atoms with Gasteiger partial charge in [-0.2, -0.15) is 0 Å². The minimum Gasteiger partial charge on any atom is -0.478 e. The number of hydrogen-bond acceptors (Lipinski definition) is 2. The number of carboxylic acids is 1. The molecule has 0 saturated heterocycles. The number of nitrogens with one attached hydrogen (secondary N) is 1. The van der Waals surface area contributed by atoms with Crippen molar-refractivity contribution in [2.45, 2.75) is 26.4 Å². The van der Waals surface area contributed by atoms with E-state index < -0.39 is 5.97 Å². The maximum Gasteiger partial charge on any atom is 0.335 e. The van der Waals surface area contributed by atoms with E-state index in [0.29, 0.717) is 12.1 Å². The van der Waals surface area contributed by atoms with Crippen LogP contribution in [0.3, 0.4) is 0 Å². The largest absolute Gasteiger partial charge is 0.478 e. The van der Waals surface area contributed by atoms with Crippen LogP contribution in [0.4, 0.5) is 4.39 Å². The van der Waals surface area contributed by atoms with Gasteiger partial charge >= 0.3 is 5.97 Å². The highest BCUT2D eigenvalue weighted by Crippen LogP contribution is 2.17. The summed E-state index contributed by atoms with van der Waals surface area (Å²) in [7, 11) is 0. The van der Waals surface area contributed by atoms with Crippen LogP contribution in [0.2, 0.25) is 0 Å². The van der Waals surface area contributed by atoms with Gasteiger partial charge in [0.2, 0.25) is 0 Å². The molecule has 0 heterocycles. The third-order valence-corrected chi connectivity index (χ3v) is 3.51. The van der Waals surface area contributed by atoms with Crippen LogP contribution in [-0.2, 0) is 6.54 Å². The monoisotopic (exact) mass is 287 g/mol. The van der Waals surface area contributed by atoms with Gasteiger partial charge in [0.05, 0.1) is 5.56 Å². The van der Waals surface area contributed by atoms with Crippen molar-refractivity contribution in [3.05, 3.63) is 70.5 Å². The lowest BCUT2D eigenvalue weighted by atomic mass is 10.1. The molecule has 0 aromatic heterocycles. The Bertz CT molecular complexity index is 638. The van der Waals surface area contributed by atoms with Crippen LogP contribution in [0.15, 0.2) is 42.5 Å². The molecule has 4 heteroatoms. The Morgan fingerprint density at radius 3 is 2.48 bits per heavy atom. The van der Waals surface area contributed by atoms with Crippen molar-refractivity contribution in [2.75, 3.05) is 0 Å². The highest BCUT2D eigenvalue weighted by atomic mass is 19.1. The zero-order valence-corrected chi connectivity index (χ0v) is 12.1. The summed E-state index contributed by atoms with van der Waals surface area (Å²) in [6.45, 7) is 4.30. The van der Waals surface area contributed by atoms with Crippen LogP contribution in [0.1, 0.15) is 40.0 Å². The third-order valence-electron chi connectivity index (χ3n) is 3.51. The number of aryl methyl sites for hydroxylation is 1. The van der Waals surface area contributed by atoms with E-state index >= 15 is 0 Å². The second kappa shape index (κ2) is 6.50. The minimum absolute atomic E-state index is 0.0132. The number of halogens is 1. The van der Waals surface area contributed by atoms with E-state index in [1.165, 1.54) is 0 Å². The van der Waals surface area contributed by atoms with Crippen molar-refractivity contribution in [1.82, 2.24) is 5.32 Å². The zero-order valence-electron chi connectivity index (χ0n) is 12.1. The Kier molecular flexibility index (Phi) is 4.70. The number of benzene rings is 2. The molecule has 1 unspecified atom stereocenters. The van der Waals surface area contributed by atoms with Gasteiger partial charge in [-0.3, -0.25) is 0 Å². The van der Waals surface area contributed by atoms with E-state index in [2.05, 4.69) is 5.32 Å². The van der Waals surface area contributed by atoms with Crippen LogP contribution in [0.5, 0.6) is 0 Å². The first kappa shape index (κ1) is 15.2. The fourth-order valence-corrected chi connectivity index (χ4v) is 2.03. The van der Waals surface area contributed by atoms with Crippen LogP contribution in [-0.4, -0.2) is 11.1 Å². The van der Waals surface area contributed by atoms with Gasteiger partial charge in [-0.05, 0) is 48.7 Å². The maximum absolute atomic E-state index is 13.5. The SMILES string of the molecule is Cc1ccc(C(C)NCc2ccc(C(=O)O)cc2)cc1F. The smallest absolute Gasteiger partial charge is 0.335 e. The van der Waals surface area contributed by atoms with Crippen LogP contribution in [0, 0.1) is 12.7 Å². The van der Waals surface area contributed by atoms with Crippen LogP contribution >= 0.6 is 0 Å². The number of hydrogen-bond donors (Lipinski definition) is 2. The van der Waals surface area contributed by atoms with E-state index in [-0.39, 0.29) is 17.4 Å². The first-order chi connectivity index (χ1) is 9.97. The fraction of sp³-hybridized carbons (Fsp3) is 0.235. The maximum atomic E-state index is 13.5. The van der Waals surface area contributed by atoms with E-state index in [1.807, 2.05) is 13.0 Å². The summed E-state index contributed by atoms with van der Waals surface area (Å²) in [6, 6.07) is 11.9. The molecular formula is C17H18FNO2. The Morgan fingerprint density at radius 2 is 1.90 bits per heavy atom. The van der Waals surface area contributed by atoms with Gasteiger partial charge in [0.25, 0.3) is 0 Å². The third kappa shape index (κ3) is 3.89. The molecule has 2 aromatic carbocycles. The molecule has 0 aliphatic carbocycles. The summed E-state index contributed by atoms with van der Waals surface area (Å²) in [5, 5.41) is 12.1. The van der Waals surface area contributed by atoms with Gasteiger partial charge in [-0.15, -0.1) is 0 Å². The molecule has 0 saturated carbocycles. The zero-order chi connectivity index (χ0) is 15.4. The summed E-state index contributed by atoms with van der Waals surface area (Å²) >= 11 is 0. The standard InChI is InChI=1S/C17H18FNO2/c1-11-3-6-15(9-16(11)18)12(2)19-10-13-4-7-14(8-5-13)17(20)21/h3-9,12,19H,10H2,1-2H3,(H,20,21). The van der Waals surface area contributed by atoms with Gasteiger partial charge in [0.15, 0.2) is 0 Å². The molecule has 0 amide bonds. The predicted octanol–water partition coefficient (Wildman–Crippen LogP) is 3.68. The molecule has 0 radical (unpaired) electrons. The highest BCUT2D eigenvalue weighted by molar-refractivity contribution is 5.87. The van der Waals surface area contributed by atoms with E-state index in [4.69, 9.17) is 5.11 Å². The number of carbonyl (C=O) groups is 1. The van der Waals surface area contributed by atoms with Crippen molar-refractivity contribution in [2.24, 2.45) is 0 Å². The molecule has 0 spiro atoms. The topological polar surface area (TPSA) is 49.3 Å². The quantitative estimate of drug-likeness (QED) is 0.882. The lowest BCUT2D eigenvalue weighted by molar-refractivity contribution is 0.0697. The summed E-state index contributed by atoms with van der Waals surface area (Å²) in [5.41, 5.74) is 2.78. The second-order valence-corrected chi connectivity index (χ2v) is 5.11. The summed E-state index contributed by atoms with van der Waals surface area (Å²) in [4.78, 5) is 10.8. The van der Waals surface area contributed by atoms with Crippen LogP contribution in [0.25, 0.3) is 0 Å². The molecule has 21 heavy (non-hydrogen) atoms. The first-order valence-electron chi connectivity index (χ1n) is 6.79. The average Bonchev–Trinajstić information content (AvgIpc) is 2.48. The normalized spacial score (nSPS) is 12.1. The number of rotatable bonds is 5. The minimum atomic E-state index is -0.932. The molecule has 110 valence electrons. The lowest BCUT2D eigenvalue weighted by Gasteiger charge is -2.15. The highest BCUT2D eigenvalue weighted by Gasteiger charge is 2.08. The van der Waals surface area contributed by atoms with Crippen LogP contribution < -0.4 is 5.32 Å². The molecule has 2 N–H and O–H groups in total. The Morgan fingerprint density at radius 1 is 1.24 bits per heavy atom. The first-order valence-corrected chi connectivity index (χ1v) is 6.79. The van der Waals surface area contributed by atoms with E-state index in [0.717, 1.165) is 11.1 Å². The second-order valence-electron chi connectivity index (χ2n) is 5.11.